The Labute approximate surface area is 190 Å². The van der Waals surface area contributed by atoms with Gasteiger partial charge in [-0.25, -0.2) is 0 Å². The van der Waals surface area contributed by atoms with Gasteiger partial charge in [0.1, 0.15) is 11.5 Å². The molecule has 2 atom stereocenters. The van der Waals surface area contributed by atoms with E-state index in [9.17, 15) is 4.79 Å². The molecule has 30 heavy (non-hydrogen) atoms. The molecule has 160 valence electrons. The largest absolute Gasteiger partial charge is 0.496 e. The van der Waals surface area contributed by atoms with Crippen molar-refractivity contribution in [1.82, 2.24) is 4.90 Å². The number of fused-ring (bicyclic) bond motifs is 3. The molecule has 0 aliphatic carbocycles. The van der Waals surface area contributed by atoms with Crippen molar-refractivity contribution in [1.29, 1.82) is 0 Å². The average molecular weight is 490 g/mol. The molecule has 1 aromatic heterocycles. The summed E-state index contributed by atoms with van der Waals surface area (Å²) in [5.74, 6) is 0.868. The zero-order valence-corrected chi connectivity index (χ0v) is 20.5. The van der Waals surface area contributed by atoms with Crippen LogP contribution in [0.3, 0.4) is 0 Å². The fourth-order valence-corrected chi connectivity index (χ4v) is 5.40. The number of amides is 1. The molecule has 1 amide bonds. The van der Waals surface area contributed by atoms with Gasteiger partial charge in [0, 0.05) is 23.2 Å². The lowest BCUT2D eigenvalue weighted by molar-refractivity contribution is -0.127. The molecular formula is C23H28BrN3O2S. The van der Waals surface area contributed by atoms with Gasteiger partial charge in [0.25, 0.3) is 5.91 Å². The van der Waals surface area contributed by atoms with Gasteiger partial charge < -0.3 is 14.5 Å². The van der Waals surface area contributed by atoms with E-state index >= 15 is 0 Å². The summed E-state index contributed by atoms with van der Waals surface area (Å²) >= 11 is 5.33. The molecule has 2 aliphatic heterocycles. The highest BCUT2D eigenvalue weighted by molar-refractivity contribution is 9.10. The van der Waals surface area contributed by atoms with Crippen LogP contribution < -0.4 is 9.64 Å². The first-order chi connectivity index (χ1) is 14.3. The van der Waals surface area contributed by atoms with E-state index in [1.54, 1.807) is 18.4 Å². The molecule has 1 aromatic carbocycles. The number of nitrogens with zero attached hydrogens (tertiary/aromatic N) is 3. The zero-order valence-electron chi connectivity index (χ0n) is 18.1. The topological polar surface area (TPSA) is 45.1 Å². The van der Waals surface area contributed by atoms with Gasteiger partial charge in [-0.3, -0.25) is 9.79 Å². The van der Waals surface area contributed by atoms with E-state index in [-0.39, 0.29) is 23.7 Å². The van der Waals surface area contributed by atoms with Gasteiger partial charge in [0.2, 0.25) is 0 Å². The highest BCUT2D eigenvalue weighted by Gasteiger charge is 2.45. The molecule has 2 aromatic rings. The highest BCUT2D eigenvalue weighted by Crippen LogP contribution is 2.46. The minimum atomic E-state index is -0.214. The number of hydrogen-bond acceptors (Lipinski definition) is 5. The number of benzene rings is 1. The Morgan fingerprint density at radius 3 is 2.83 bits per heavy atom. The second kappa shape index (κ2) is 8.00. The summed E-state index contributed by atoms with van der Waals surface area (Å²) in [5, 5.41) is 2.07. The van der Waals surface area contributed by atoms with Crippen molar-refractivity contribution in [3.63, 3.8) is 0 Å². The number of rotatable bonds is 5. The monoisotopic (exact) mass is 489 g/mol. The lowest BCUT2D eigenvalue weighted by Crippen LogP contribution is -2.51. The first kappa shape index (κ1) is 21.4. The second-order valence-corrected chi connectivity index (χ2v) is 10.3. The van der Waals surface area contributed by atoms with Gasteiger partial charge in [-0.05, 0) is 78.2 Å². The quantitative estimate of drug-likeness (QED) is 0.561. The van der Waals surface area contributed by atoms with E-state index < -0.39 is 0 Å². The fourth-order valence-electron chi connectivity index (χ4n) is 4.15. The number of anilines is 1. The van der Waals surface area contributed by atoms with Crippen LogP contribution in [-0.4, -0.2) is 42.3 Å². The van der Waals surface area contributed by atoms with Crippen molar-refractivity contribution in [2.75, 3.05) is 19.1 Å². The lowest BCUT2D eigenvalue weighted by atomic mass is 9.92. The van der Waals surface area contributed by atoms with Crippen LogP contribution in [0, 0.1) is 0 Å². The van der Waals surface area contributed by atoms with Gasteiger partial charge in [-0.1, -0.05) is 13.0 Å². The van der Waals surface area contributed by atoms with Crippen molar-refractivity contribution in [3.8, 4) is 5.75 Å². The molecular weight excluding hydrogens is 462 g/mol. The van der Waals surface area contributed by atoms with E-state index in [2.05, 4.69) is 65.2 Å². The van der Waals surface area contributed by atoms with Crippen LogP contribution in [0.2, 0.25) is 0 Å². The summed E-state index contributed by atoms with van der Waals surface area (Å²) in [7, 11) is 3.59. The van der Waals surface area contributed by atoms with Crippen molar-refractivity contribution in [2.45, 2.75) is 57.8 Å². The highest BCUT2D eigenvalue weighted by atomic mass is 79.9. The minimum absolute atomic E-state index is 0.0208. The summed E-state index contributed by atoms with van der Waals surface area (Å²) < 4.78 is 6.42. The van der Waals surface area contributed by atoms with Crippen LogP contribution in [0.5, 0.6) is 5.75 Å². The third-order valence-electron chi connectivity index (χ3n) is 6.59. The van der Waals surface area contributed by atoms with Gasteiger partial charge in [0.05, 0.1) is 17.6 Å². The fraction of sp³-hybridized carbons (Fsp3) is 0.478. The van der Waals surface area contributed by atoms with E-state index in [0.29, 0.717) is 5.71 Å². The molecule has 0 radical (unpaired) electrons. The van der Waals surface area contributed by atoms with E-state index in [1.165, 1.54) is 5.56 Å². The first-order valence-corrected chi connectivity index (χ1v) is 12.0. The Bertz CT molecular complexity index is 987. The zero-order chi connectivity index (χ0) is 21.6. The van der Waals surface area contributed by atoms with E-state index in [1.807, 2.05) is 18.0 Å². The number of hydrogen-bond donors (Lipinski definition) is 0. The van der Waals surface area contributed by atoms with E-state index in [4.69, 9.17) is 9.73 Å². The number of methoxy groups -OCH3 is 1. The lowest BCUT2D eigenvalue weighted by Gasteiger charge is -2.39. The molecule has 0 spiro atoms. The summed E-state index contributed by atoms with van der Waals surface area (Å²) in [5.41, 5.74) is 2.82. The molecule has 4 rings (SSSR count). The van der Waals surface area contributed by atoms with Crippen LogP contribution in [0.15, 0.2) is 39.1 Å². The van der Waals surface area contributed by atoms with Crippen LogP contribution in [0.4, 0.5) is 5.69 Å². The van der Waals surface area contributed by atoms with Crippen LogP contribution >= 0.6 is 27.3 Å². The maximum absolute atomic E-state index is 13.5. The van der Waals surface area contributed by atoms with Crippen molar-refractivity contribution in [2.24, 2.45) is 4.99 Å². The number of carbonyl (C=O) groups is 1. The maximum Gasteiger partial charge on any atom is 0.270 e. The standard InChI is InChI=1S/C23H28BrN3O2S/c1-6-23(2,3)26(4)22(28)20-16-10-9-14-12-18(29-5)15(24)13-17(14)27(16)21(25-20)19-8-7-11-30-19/h7-8,11-13,16,21H,6,9-10H2,1-5H3. The summed E-state index contributed by atoms with van der Waals surface area (Å²) in [6.07, 6.45) is 2.47. The Morgan fingerprint density at radius 2 is 2.20 bits per heavy atom. The normalized spacial score (nSPS) is 20.5. The van der Waals surface area contributed by atoms with Crippen LogP contribution in [0.1, 0.15) is 50.2 Å². The summed E-state index contributed by atoms with van der Waals surface area (Å²) in [6, 6.07) is 8.35. The second-order valence-electron chi connectivity index (χ2n) is 8.51. The number of aliphatic imine (C=N–C) groups is 1. The number of ether oxygens (including phenoxy) is 1. The Morgan fingerprint density at radius 1 is 1.43 bits per heavy atom. The van der Waals surface area contributed by atoms with E-state index in [0.717, 1.165) is 40.0 Å². The minimum Gasteiger partial charge on any atom is -0.496 e. The number of aryl methyl sites for hydroxylation is 1. The number of thiophene rings is 1. The van der Waals surface area contributed by atoms with Crippen molar-refractivity contribution < 1.29 is 9.53 Å². The Balaban J connectivity index is 1.78. The summed E-state index contributed by atoms with van der Waals surface area (Å²) in [4.78, 5) is 23.9. The maximum atomic E-state index is 13.5. The van der Waals surface area contributed by atoms with Crippen molar-refractivity contribution >= 4 is 44.6 Å². The number of carbonyl (C=O) groups excluding carboxylic acids is 1. The molecule has 0 saturated heterocycles. The molecule has 7 heteroatoms. The SMILES string of the molecule is CCC(C)(C)N(C)C(=O)C1=NC(c2cccs2)N2c3cc(Br)c(OC)cc3CCC12. The van der Waals surface area contributed by atoms with Gasteiger partial charge in [0.15, 0.2) is 6.17 Å². The third-order valence-corrected chi connectivity index (χ3v) is 8.12. The van der Waals surface area contributed by atoms with Crippen LogP contribution in [-0.2, 0) is 11.2 Å². The predicted molar refractivity (Wildman–Crippen MR) is 127 cm³/mol. The molecule has 0 N–H and O–H groups in total. The predicted octanol–water partition coefficient (Wildman–Crippen LogP) is 5.44. The van der Waals surface area contributed by atoms with Gasteiger partial charge in [-0.2, -0.15) is 0 Å². The Kier molecular flexibility index (Phi) is 5.70. The molecule has 0 saturated carbocycles. The Hall–Kier alpha value is -1.86. The molecule has 2 aliphatic rings. The summed E-state index contributed by atoms with van der Waals surface area (Å²) in [6.45, 7) is 6.33. The van der Waals surface area contributed by atoms with Gasteiger partial charge >= 0.3 is 0 Å². The molecule has 0 bridgehead atoms. The van der Waals surface area contributed by atoms with Crippen LogP contribution in [0.25, 0.3) is 0 Å². The van der Waals surface area contributed by atoms with Crippen molar-refractivity contribution in [3.05, 3.63) is 44.6 Å². The molecule has 0 fully saturated rings. The molecule has 2 unspecified atom stereocenters. The third kappa shape index (κ3) is 3.46. The molecule has 3 heterocycles. The van der Waals surface area contributed by atoms with Gasteiger partial charge in [-0.15, -0.1) is 11.3 Å². The average Bonchev–Trinajstić information content (AvgIpc) is 3.40. The first-order valence-electron chi connectivity index (χ1n) is 10.3. The molecule has 5 nitrogen and oxygen atoms in total. The smallest absolute Gasteiger partial charge is 0.270 e. The number of halogens is 1.